The molecule has 0 bridgehead atoms. The van der Waals surface area contributed by atoms with Crippen LogP contribution in [-0.2, 0) is 4.79 Å². The molecule has 27 heavy (non-hydrogen) atoms. The predicted molar refractivity (Wildman–Crippen MR) is 103 cm³/mol. The van der Waals surface area contributed by atoms with E-state index in [1.165, 1.54) is 0 Å². The second-order valence-corrected chi connectivity index (χ2v) is 7.65. The molecule has 1 aromatic carbocycles. The molecule has 1 heterocycles. The lowest BCUT2D eigenvalue weighted by Crippen LogP contribution is -2.52. The number of rotatable bonds is 6. The number of urea groups is 1. The Balaban J connectivity index is 1.38. The molecule has 2 aliphatic rings. The minimum absolute atomic E-state index is 0.0980. The van der Waals surface area contributed by atoms with Gasteiger partial charge >= 0.3 is 6.03 Å². The highest BCUT2D eigenvalue weighted by atomic mass is 16.2. The molecule has 7 heteroatoms. The molecule has 0 radical (unpaired) electrons. The molecule has 1 saturated carbocycles. The highest BCUT2D eigenvalue weighted by Gasteiger charge is 2.43. The third-order valence-corrected chi connectivity index (χ3v) is 5.35. The number of para-hydroxylation sites is 1. The van der Waals surface area contributed by atoms with Gasteiger partial charge in [-0.1, -0.05) is 18.2 Å². The molecule has 0 spiro atoms. The van der Waals surface area contributed by atoms with E-state index in [1.807, 2.05) is 37.3 Å². The van der Waals surface area contributed by atoms with Gasteiger partial charge in [0.05, 0.1) is 12.6 Å². The normalized spacial score (nSPS) is 20.1. The molecular weight excluding hydrogens is 342 g/mol. The minimum Gasteiger partial charge on any atom is -0.337 e. The van der Waals surface area contributed by atoms with Crippen LogP contribution in [0.15, 0.2) is 30.3 Å². The zero-order valence-corrected chi connectivity index (χ0v) is 15.7. The topological polar surface area (TPSA) is 97.3 Å². The highest BCUT2D eigenvalue weighted by Crippen LogP contribution is 2.39. The molecule has 144 valence electrons. The Morgan fingerprint density at radius 1 is 1.19 bits per heavy atom. The summed E-state index contributed by atoms with van der Waals surface area (Å²) in [5.41, 5.74) is 0.0206. The lowest BCUT2D eigenvalue weighted by atomic mass is 9.98. The van der Waals surface area contributed by atoms with Crippen molar-refractivity contribution in [3.05, 3.63) is 30.3 Å². The van der Waals surface area contributed by atoms with E-state index in [0.29, 0.717) is 6.54 Å². The van der Waals surface area contributed by atoms with Gasteiger partial charge in [0.2, 0.25) is 5.91 Å². The van der Waals surface area contributed by atoms with Gasteiger partial charge in [-0.3, -0.25) is 9.69 Å². The van der Waals surface area contributed by atoms with E-state index in [1.54, 1.807) is 0 Å². The lowest BCUT2D eigenvalue weighted by Gasteiger charge is -2.32. The maximum atomic E-state index is 12.3. The smallest absolute Gasteiger partial charge is 0.319 e. The van der Waals surface area contributed by atoms with E-state index in [2.05, 4.69) is 26.9 Å². The fourth-order valence-corrected chi connectivity index (χ4v) is 3.52. The number of amides is 3. The van der Waals surface area contributed by atoms with Gasteiger partial charge in [-0.05, 0) is 50.7 Å². The van der Waals surface area contributed by atoms with Gasteiger partial charge in [-0.2, -0.15) is 5.26 Å². The Morgan fingerprint density at radius 2 is 1.85 bits per heavy atom. The molecular formula is C20H27N5O2. The molecule has 3 amide bonds. The third-order valence-electron chi connectivity index (χ3n) is 5.35. The van der Waals surface area contributed by atoms with Crippen LogP contribution in [0.1, 0.15) is 32.6 Å². The van der Waals surface area contributed by atoms with Crippen molar-refractivity contribution in [1.82, 2.24) is 15.5 Å². The summed E-state index contributed by atoms with van der Waals surface area (Å²) < 4.78 is 0. The first kappa shape index (κ1) is 19.2. The quantitative estimate of drug-likeness (QED) is 0.715. The molecule has 0 aromatic heterocycles. The number of carbonyl (C=O) groups is 2. The SMILES string of the molecule is C[C@@](C#N)(NC(=O)CN1CCC(NC(=O)Nc2ccccc2)CC1)C1CC1. The molecule has 1 aromatic rings. The fraction of sp³-hybridized carbons (Fsp3) is 0.550. The molecule has 1 aliphatic carbocycles. The van der Waals surface area contributed by atoms with Crippen molar-refractivity contribution in [2.24, 2.45) is 5.92 Å². The van der Waals surface area contributed by atoms with Crippen molar-refractivity contribution in [1.29, 1.82) is 5.26 Å². The molecule has 2 fully saturated rings. The van der Waals surface area contributed by atoms with Crippen LogP contribution in [0.25, 0.3) is 0 Å². The van der Waals surface area contributed by atoms with Crippen LogP contribution in [0, 0.1) is 17.2 Å². The number of likely N-dealkylation sites (tertiary alicyclic amines) is 1. The van der Waals surface area contributed by atoms with E-state index >= 15 is 0 Å². The van der Waals surface area contributed by atoms with E-state index in [9.17, 15) is 14.9 Å². The Labute approximate surface area is 160 Å². The zero-order chi connectivity index (χ0) is 19.3. The molecule has 3 N–H and O–H groups in total. The molecule has 1 atom stereocenters. The first-order valence-electron chi connectivity index (χ1n) is 9.56. The van der Waals surface area contributed by atoms with Crippen LogP contribution in [0.3, 0.4) is 0 Å². The van der Waals surface area contributed by atoms with Gasteiger partial charge in [-0.15, -0.1) is 0 Å². The highest BCUT2D eigenvalue weighted by molar-refractivity contribution is 5.89. The summed E-state index contributed by atoms with van der Waals surface area (Å²) in [4.78, 5) is 26.4. The van der Waals surface area contributed by atoms with Crippen LogP contribution in [-0.4, -0.2) is 48.1 Å². The number of carbonyl (C=O) groups excluding carboxylic acids is 2. The van der Waals surface area contributed by atoms with Gasteiger partial charge in [0.25, 0.3) is 0 Å². The molecule has 1 aliphatic heterocycles. The maximum absolute atomic E-state index is 12.3. The van der Waals surface area contributed by atoms with Crippen molar-refractivity contribution in [3.63, 3.8) is 0 Å². The van der Waals surface area contributed by atoms with Gasteiger partial charge in [0, 0.05) is 24.8 Å². The molecule has 7 nitrogen and oxygen atoms in total. The van der Waals surface area contributed by atoms with Crippen LogP contribution in [0.2, 0.25) is 0 Å². The van der Waals surface area contributed by atoms with E-state index in [4.69, 9.17) is 0 Å². The van der Waals surface area contributed by atoms with Crippen LogP contribution in [0.5, 0.6) is 0 Å². The maximum Gasteiger partial charge on any atom is 0.319 e. The summed E-state index contributed by atoms with van der Waals surface area (Å²) in [6.07, 6.45) is 3.61. The number of nitrogens with one attached hydrogen (secondary N) is 3. The van der Waals surface area contributed by atoms with Gasteiger partial charge < -0.3 is 16.0 Å². The number of hydrogen-bond acceptors (Lipinski definition) is 4. The Morgan fingerprint density at radius 3 is 2.44 bits per heavy atom. The summed E-state index contributed by atoms with van der Waals surface area (Å²) in [6.45, 7) is 3.60. The van der Waals surface area contributed by atoms with Gasteiger partial charge in [0.1, 0.15) is 5.54 Å². The van der Waals surface area contributed by atoms with Crippen molar-refractivity contribution in [3.8, 4) is 6.07 Å². The van der Waals surface area contributed by atoms with E-state index in [0.717, 1.165) is 44.5 Å². The number of nitrogens with zero attached hydrogens (tertiary/aromatic N) is 2. The first-order chi connectivity index (χ1) is 13.0. The summed E-state index contributed by atoms with van der Waals surface area (Å²) in [5.74, 6) is 0.184. The third kappa shape index (κ3) is 5.44. The number of piperidine rings is 1. The number of hydrogen-bond donors (Lipinski definition) is 3. The van der Waals surface area contributed by atoms with Gasteiger partial charge in [-0.25, -0.2) is 4.79 Å². The fourth-order valence-electron chi connectivity index (χ4n) is 3.52. The largest absolute Gasteiger partial charge is 0.337 e. The Kier molecular flexibility index (Phi) is 5.97. The van der Waals surface area contributed by atoms with Crippen LogP contribution in [0.4, 0.5) is 10.5 Å². The molecule has 1 saturated heterocycles. The standard InChI is InChI=1S/C20H27N5O2/c1-20(14-21,15-7-8-15)24-18(26)13-25-11-9-17(10-12-25)23-19(27)22-16-5-3-2-4-6-16/h2-6,15,17H,7-13H2,1H3,(H,24,26)(H2,22,23,27)/t20-/m0/s1. The second-order valence-electron chi connectivity index (χ2n) is 7.65. The molecule has 3 rings (SSSR count). The average Bonchev–Trinajstić information content (AvgIpc) is 3.49. The van der Waals surface area contributed by atoms with Crippen molar-refractivity contribution < 1.29 is 9.59 Å². The minimum atomic E-state index is -0.744. The number of nitriles is 1. The monoisotopic (exact) mass is 369 g/mol. The molecule has 0 unspecified atom stereocenters. The van der Waals surface area contributed by atoms with Crippen LogP contribution < -0.4 is 16.0 Å². The van der Waals surface area contributed by atoms with E-state index in [-0.39, 0.29) is 23.9 Å². The summed E-state index contributed by atoms with van der Waals surface area (Å²) in [6, 6.07) is 11.5. The second kappa shape index (κ2) is 8.40. The number of benzene rings is 1. The van der Waals surface area contributed by atoms with Crippen molar-refractivity contribution in [2.75, 3.05) is 25.0 Å². The predicted octanol–water partition coefficient (Wildman–Crippen LogP) is 2.08. The average molecular weight is 369 g/mol. The summed E-state index contributed by atoms with van der Waals surface area (Å²) in [7, 11) is 0. The van der Waals surface area contributed by atoms with E-state index < -0.39 is 5.54 Å². The van der Waals surface area contributed by atoms with Crippen LogP contribution >= 0.6 is 0 Å². The number of anilines is 1. The van der Waals surface area contributed by atoms with Crippen molar-refractivity contribution in [2.45, 2.75) is 44.2 Å². The Hall–Kier alpha value is -2.59. The van der Waals surface area contributed by atoms with Crippen molar-refractivity contribution >= 4 is 17.6 Å². The Bertz CT molecular complexity index is 705. The zero-order valence-electron chi connectivity index (χ0n) is 15.7. The summed E-state index contributed by atoms with van der Waals surface area (Å²) >= 11 is 0. The lowest BCUT2D eigenvalue weighted by molar-refractivity contribution is -0.124. The first-order valence-corrected chi connectivity index (χ1v) is 9.56. The van der Waals surface area contributed by atoms with Gasteiger partial charge in [0.15, 0.2) is 0 Å². The summed E-state index contributed by atoms with van der Waals surface area (Å²) in [5, 5.41) is 18.1.